The second-order valence-electron chi connectivity index (χ2n) is 26.4. The van der Waals surface area contributed by atoms with Gasteiger partial charge in [-0.1, -0.05) is 40.9 Å². The lowest BCUT2D eigenvalue weighted by atomic mass is 9.78. The number of aliphatic hydroxyl groups excluding tert-OH is 1. The van der Waals surface area contributed by atoms with Gasteiger partial charge < -0.3 is 77.2 Å². The Morgan fingerprint density at radius 1 is 0.507 bits per heavy atom. The first-order valence-corrected chi connectivity index (χ1v) is 29.7. The quantitative estimate of drug-likeness (QED) is 0.224. The summed E-state index contributed by atoms with van der Waals surface area (Å²) >= 11 is 0. The van der Waals surface area contributed by atoms with Crippen LogP contribution in [0.25, 0.3) is 0 Å². The minimum Gasteiger partial charge on any atom is -0.459 e. The van der Waals surface area contributed by atoms with E-state index >= 15 is 0 Å². The predicted octanol–water partition coefficient (Wildman–Crippen LogP) is 6.15. The van der Waals surface area contributed by atoms with Crippen LogP contribution in [-0.4, -0.2) is 169 Å². The fourth-order valence-corrected chi connectivity index (χ4v) is 17.3. The number of rotatable bonds is 1. The van der Waals surface area contributed by atoms with E-state index in [4.69, 9.17) is 72.0 Å². The molecule has 0 amide bonds. The second-order valence-corrected chi connectivity index (χ2v) is 26.4. The van der Waals surface area contributed by atoms with Gasteiger partial charge in [0.2, 0.25) is 0 Å². The number of nitrogens with two attached hydrogens (primary N) is 1. The Balaban J connectivity index is 0.694. The molecule has 3 spiro atoms. The third kappa shape index (κ3) is 9.29. The Morgan fingerprint density at radius 3 is 2.03 bits per heavy atom. The van der Waals surface area contributed by atoms with Crippen LogP contribution in [0.5, 0.6) is 0 Å². The molecule has 14 fully saturated rings. The number of carbonyl (C=O) groups excluding carboxylic acids is 1. The van der Waals surface area contributed by atoms with Crippen molar-refractivity contribution in [3.8, 4) is 0 Å². The average molecular weight is 1050 g/mol. The van der Waals surface area contributed by atoms with Gasteiger partial charge in [-0.3, -0.25) is 4.79 Å². The number of aliphatic hydroxyl groups is 1. The molecule has 0 aromatic heterocycles. The Morgan fingerprint density at radius 2 is 1.17 bits per heavy atom. The second kappa shape index (κ2) is 19.5. The average Bonchev–Trinajstić information content (AvgIpc) is 4.13. The number of hydrogen-bond acceptors (Lipinski definition) is 17. The van der Waals surface area contributed by atoms with Gasteiger partial charge in [-0.05, 0) is 80.3 Å². The van der Waals surface area contributed by atoms with Crippen molar-refractivity contribution in [2.24, 2.45) is 29.4 Å². The molecular weight excluding hydrogens is 967 g/mol. The SMILES string of the molecule is C=C1C[C@@H]2CC[C@]34CCC(O3)[C@H]3C[C@@H](O4)[C@H]4O[C@H](CC[C@@H]4O3)CC(=O)O[C@H]3C(CC4O[C@@H](CCC1O2)C[C@@H](C)C4=C)O[C@H]1C[C@H]2O[C@@]4(CC5O[C@]6(C[C@H](C)C7OC(CN)[C@H](O)CC7O6)C[C@H](C)C5O4)C[C@H]2O[C@H]1[C@@H]3C. The van der Waals surface area contributed by atoms with E-state index in [2.05, 4.69) is 40.9 Å². The molecule has 17 heteroatoms. The lowest BCUT2D eigenvalue weighted by molar-refractivity contribution is -0.370. The molecule has 0 aromatic carbocycles. The van der Waals surface area contributed by atoms with E-state index < -0.39 is 35.7 Å². The largest absolute Gasteiger partial charge is 0.459 e. The normalized spacial score (nSPS) is 57.5. The molecule has 0 saturated carbocycles. The van der Waals surface area contributed by atoms with Gasteiger partial charge in [-0.15, -0.1) is 0 Å². The zero-order valence-corrected chi connectivity index (χ0v) is 44.7. The van der Waals surface area contributed by atoms with Crippen LogP contribution in [0.2, 0.25) is 0 Å². The molecule has 0 aliphatic carbocycles. The number of hydrogen-bond donors (Lipinski definition) is 2. The minimum atomic E-state index is -0.889. The van der Waals surface area contributed by atoms with Crippen molar-refractivity contribution in [2.45, 2.75) is 301 Å². The van der Waals surface area contributed by atoms with Gasteiger partial charge in [-0.2, -0.15) is 0 Å². The van der Waals surface area contributed by atoms with Crippen LogP contribution in [0.3, 0.4) is 0 Å². The maximum atomic E-state index is 14.5. The molecular formula is C58H85NO16. The molecule has 14 saturated heterocycles. The number of ether oxygens (including phenoxy) is 14. The van der Waals surface area contributed by atoms with Crippen molar-refractivity contribution in [3.63, 3.8) is 0 Å². The van der Waals surface area contributed by atoms with Crippen molar-refractivity contribution < 1.29 is 76.2 Å². The molecule has 14 rings (SSSR count). The van der Waals surface area contributed by atoms with Gasteiger partial charge in [0.15, 0.2) is 17.4 Å². The van der Waals surface area contributed by atoms with Crippen LogP contribution in [0.1, 0.15) is 150 Å². The highest BCUT2D eigenvalue weighted by atomic mass is 16.8. The predicted molar refractivity (Wildman–Crippen MR) is 266 cm³/mol. The van der Waals surface area contributed by atoms with Crippen molar-refractivity contribution in [3.05, 3.63) is 24.3 Å². The molecule has 17 nitrogen and oxygen atoms in total. The van der Waals surface area contributed by atoms with Crippen LogP contribution in [0, 0.1) is 23.7 Å². The molecule has 14 aliphatic rings. The molecule has 0 aromatic rings. The Kier molecular flexibility index (Phi) is 13.4. The Bertz CT molecular complexity index is 2190. The number of esters is 1. The van der Waals surface area contributed by atoms with Crippen LogP contribution in [0.15, 0.2) is 24.3 Å². The molecule has 3 N–H and O–H groups in total. The van der Waals surface area contributed by atoms with E-state index in [1.165, 1.54) is 0 Å². The number of carbonyl (C=O) groups is 1. The third-order valence-electron chi connectivity index (χ3n) is 21.0. The van der Waals surface area contributed by atoms with Crippen molar-refractivity contribution in [1.82, 2.24) is 0 Å². The van der Waals surface area contributed by atoms with E-state index in [1.54, 1.807) is 0 Å². The lowest BCUT2D eigenvalue weighted by Gasteiger charge is -2.54. The van der Waals surface area contributed by atoms with E-state index in [1.807, 2.05) is 0 Å². The van der Waals surface area contributed by atoms with Crippen molar-refractivity contribution in [2.75, 3.05) is 6.54 Å². The highest BCUT2D eigenvalue weighted by Gasteiger charge is 2.65. The lowest BCUT2D eigenvalue weighted by Crippen LogP contribution is -2.63. The molecule has 10 bridgehead atoms. The van der Waals surface area contributed by atoms with E-state index in [-0.39, 0.29) is 159 Å². The smallest absolute Gasteiger partial charge is 0.308 e. The summed E-state index contributed by atoms with van der Waals surface area (Å²) in [7, 11) is 0. The minimum absolute atomic E-state index is 0.00395. The summed E-state index contributed by atoms with van der Waals surface area (Å²) in [6, 6.07) is 0. The summed E-state index contributed by atoms with van der Waals surface area (Å²) in [6.07, 6.45) is 7.54. The fraction of sp³-hybridized carbons (Fsp3) is 0.914. The van der Waals surface area contributed by atoms with Crippen LogP contribution < -0.4 is 5.73 Å². The molecule has 14 aliphatic heterocycles. The van der Waals surface area contributed by atoms with Crippen molar-refractivity contribution in [1.29, 1.82) is 0 Å². The monoisotopic (exact) mass is 1050 g/mol. The summed E-state index contributed by atoms with van der Waals surface area (Å²) < 4.78 is 96.6. The highest BCUT2D eigenvalue weighted by Crippen LogP contribution is 2.56. The van der Waals surface area contributed by atoms with Crippen molar-refractivity contribution >= 4 is 5.97 Å². The van der Waals surface area contributed by atoms with Gasteiger partial charge in [-0.25, -0.2) is 0 Å². The van der Waals surface area contributed by atoms with Gasteiger partial charge in [0.25, 0.3) is 0 Å². The standard InChI is InChI=1S/C58H85NO16/c1-27-15-33-7-9-37-28(2)16-35(62-37)11-13-56-14-12-38(70-56)41-20-46(72-56)55-39(65-41)10-8-34(64-55)17-50(61)69-54-32(6)53-44(66-43(54)19-40(63-33)31(27)5)21-42-47(67-53)24-58(71-42)25-48-52(75-58)30(4)23-57(74-48)22-29(3)51-45(73-57)18-36(60)49(26-59)68-51/h27,29-30,32-49,51-55,60H,2,5,7-26,59H2,1,3-4,6H3/t27-,29+,30+,32+,33+,34-,35+,36-,37?,38?,39+,40?,41-,42-,43?,44+,45?,46-,47-,48?,49?,51?,52?,53+,54-,55+,56+,57-,58+/m1/s1. The Hall–Kier alpha value is -1.65. The van der Waals surface area contributed by atoms with Gasteiger partial charge >= 0.3 is 5.97 Å². The molecule has 14 heterocycles. The zero-order valence-electron chi connectivity index (χ0n) is 44.7. The van der Waals surface area contributed by atoms with E-state index in [9.17, 15) is 9.90 Å². The summed E-state index contributed by atoms with van der Waals surface area (Å²) in [5, 5.41) is 10.9. The number of fused-ring (bicyclic) bond motifs is 13. The van der Waals surface area contributed by atoms with Gasteiger partial charge in [0.05, 0.1) is 129 Å². The van der Waals surface area contributed by atoms with Crippen LogP contribution in [0.4, 0.5) is 0 Å². The first-order valence-electron chi connectivity index (χ1n) is 29.7. The van der Waals surface area contributed by atoms with Gasteiger partial charge in [0.1, 0.15) is 12.2 Å². The third-order valence-corrected chi connectivity index (χ3v) is 21.0. The fourth-order valence-electron chi connectivity index (χ4n) is 17.3. The summed E-state index contributed by atoms with van der Waals surface area (Å²) in [5.74, 6) is -2.39. The van der Waals surface area contributed by atoms with Crippen LogP contribution >= 0.6 is 0 Å². The first kappa shape index (κ1) is 51.5. The van der Waals surface area contributed by atoms with E-state index in [0.717, 1.165) is 68.9 Å². The molecule has 418 valence electrons. The summed E-state index contributed by atoms with van der Waals surface area (Å²) in [5.41, 5.74) is 8.15. The topological polar surface area (TPSA) is 193 Å². The first-order chi connectivity index (χ1) is 36.1. The summed E-state index contributed by atoms with van der Waals surface area (Å²) in [4.78, 5) is 14.5. The highest BCUT2D eigenvalue weighted by molar-refractivity contribution is 5.70. The molecule has 9 unspecified atom stereocenters. The Labute approximate surface area is 442 Å². The summed E-state index contributed by atoms with van der Waals surface area (Å²) in [6.45, 7) is 18.2. The molecule has 0 radical (unpaired) electrons. The maximum absolute atomic E-state index is 14.5. The van der Waals surface area contributed by atoms with E-state index in [0.29, 0.717) is 57.8 Å². The maximum Gasteiger partial charge on any atom is 0.308 e. The zero-order chi connectivity index (χ0) is 51.3. The van der Waals surface area contributed by atoms with Gasteiger partial charge in [0, 0.05) is 76.7 Å². The van der Waals surface area contributed by atoms with Crippen LogP contribution in [-0.2, 0) is 71.1 Å². The molecule has 75 heavy (non-hydrogen) atoms. The molecule has 29 atom stereocenters.